The van der Waals surface area contributed by atoms with Crippen LogP contribution in [0.25, 0.3) is 0 Å². The third-order valence-corrected chi connectivity index (χ3v) is 4.79. The van der Waals surface area contributed by atoms with Crippen LogP contribution >= 0.6 is 0 Å². The van der Waals surface area contributed by atoms with Crippen molar-refractivity contribution in [2.24, 2.45) is 0 Å². The van der Waals surface area contributed by atoms with Gasteiger partial charge < -0.3 is 5.11 Å². The molecule has 4 rings (SSSR count). The Morgan fingerprint density at radius 3 is 1.56 bits per heavy atom. The summed E-state index contributed by atoms with van der Waals surface area (Å²) in [4.78, 5) is 4.44. The van der Waals surface area contributed by atoms with Crippen LogP contribution in [-0.4, -0.2) is 26.5 Å². The summed E-state index contributed by atoms with van der Waals surface area (Å²) in [6, 6.07) is 31.0. The van der Waals surface area contributed by atoms with E-state index in [9.17, 15) is 5.11 Å². The number of hydrogen-bond acceptors (Lipinski definition) is 3. The highest BCUT2D eigenvalue weighted by atomic mass is 16.3. The fourth-order valence-corrected chi connectivity index (χ4v) is 3.61. The highest BCUT2D eigenvalue weighted by Gasteiger charge is 2.39. The maximum absolute atomic E-state index is 9.29. The van der Waals surface area contributed by atoms with Gasteiger partial charge in [-0.3, -0.25) is 0 Å². The summed E-state index contributed by atoms with van der Waals surface area (Å²) < 4.78 is 1.91. The molecule has 4 nitrogen and oxygen atoms in total. The van der Waals surface area contributed by atoms with Gasteiger partial charge in [0.1, 0.15) is 11.9 Å². The molecule has 0 amide bonds. The Morgan fingerprint density at radius 2 is 1.15 bits per heavy atom. The molecule has 0 bridgehead atoms. The van der Waals surface area contributed by atoms with Crippen molar-refractivity contribution in [1.29, 1.82) is 0 Å². The Morgan fingerprint density at radius 1 is 0.704 bits per heavy atom. The van der Waals surface area contributed by atoms with Gasteiger partial charge >= 0.3 is 0 Å². The minimum Gasteiger partial charge on any atom is -0.396 e. The van der Waals surface area contributed by atoms with Crippen molar-refractivity contribution in [3.05, 3.63) is 120 Å². The molecular weight excluding hydrogens is 334 g/mol. The summed E-state index contributed by atoms with van der Waals surface area (Å²) in [5.41, 5.74) is 2.65. The predicted molar refractivity (Wildman–Crippen MR) is 105 cm³/mol. The zero-order chi connectivity index (χ0) is 18.5. The topological polar surface area (TPSA) is 50.9 Å². The summed E-state index contributed by atoms with van der Waals surface area (Å²) in [6.45, 7) is 0.0268. The highest BCUT2D eigenvalue weighted by molar-refractivity contribution is 5.50. The van der Waals surface area contributed by atoms with Crippen molar-refractivity contribution in [3.63, 3.8) is 0 Å². The van der Waals surface area contributed by atoms with E-state index in [1.165, 1.54) is 0 Å². The second kappa shape index (κ2) is 7.56. The van der Waals surface area contributed by atoms with E-state index < -0.39 is 5.54 Å². The Kier molecular flexibility index (Phi) is 4.81. The lowest BCUT2D eigenvalue weighted by Crippen LogP contribution is -2.38. The zero-order valence-corrected chi connectivity index (χ0v) is 14.9. The maximum Gasteiger partial charge on any atom is 0.152 e. The molecule has 0 saturated carbocycles. The SMILES string of the molecule is OCCc1ncn(C(c2ccccc2)(c2ccccc2)c2ccccc2)n1. The van der Waals surface area contributed by atoms with E-state index >= 15 is 0 Å². The third-order valence-electron chi connectivity index (χ3n) is 4.79. The molecule has 27 heavy (non-hydrogen) atoms. The predicted octanol–water partition coefficient (Wildman–Crippen LogP) is 3.65. The minimum atomic E-state index is -0.648. The van der Waals surface area contributed by atoms with Gasteiger partial charge in [-0.25, -0.2) is 9.67 Å². The first-order valence-corrected chi connectivity index (χ1v) is 9.04. The molecule has 3 aromatic carbocycles. The molecule has 0 radical (unpaired) electrons. The normalized spacial score (nSPS) is 11.4. The number of aliphatic hydroxyl groups excluding tert-OH is 1. The molecule has 134 valence electrons. The number of aromatic nitrogens is 3. The zero-order valence-electron chi connectivity index (χ0n) is 14.9. The molecule has 0 atom stereocenters. The lowest BCUT2D eigenvalue weighted by molar-refractivity contribution is 0.296. The van der Waals surface area contributed by atoms with E-state index in [4.69, 9.17) is 5.10 Å². The Bertz CT molecular complexity index is 885. The largest absolute Gasteiger partial charge is 0.396 e. The van der Waals surface area contributed by atoms with Crippen molar-refractivity contribution in [2.45, 2.75) is 12.0 Å². The molecule has 0 saturated heterocycles. The average Bonchev–Trinajstić information content (AvgIpc) is 3.20. The van der Waals surface area contributed by atoms with Gasteiger partial charge in [0.05, 0.1) is 6.61 Å². The smallest absolute Gasteiger partial charge is 0.152 e. The van der Waals surface area contributed by atoms with E-state index in [1.807, 2.05) is 59.3 Å². The molecule has 0 unspecified atom stereocenters. The molecule has 0 aliphatic rings. The number of nitrogens with zero attached hydrogens (tertiary/aromatic N) is 3. The molecule has 0 aliphatic carbocycles. The second-order valence-electron chi connectivity index (χ2n) is 6.39. The lowest BCUT2D eigenvalue weighted by atomic mass is 9.77. The monoisotopic (exact) mass is 355 g/mol. The van der Waals surface area contributed by atoms with E-state index in [0.717, 1.165) is 16.7 Å². The summed E-state index contributed by atoms with van der Waals surface area (Å²) in [5.74, 6) is 0.629. The van der Waals surface area contributed by atoms with E-state index in [0.29, 0.717) is 12.2 Å². The van der Waals surface area contributed by atoms with Crippen LogP contribution in [0.4, 0.5) is 0 Å². The van der Waals surface area contributed by atoms with Gasteiger partial charge in [-0.05, 0) is 16.7 Å². The van der Waals surface area contributed by atoms with Gasteiger partial charge in [0.2, 0.25) is 0 Å². The second-order valence-corrected chi connectivity index (χ2v) is 6.39. The summed E-state index contributed by atoms with van der Waals surface area (Å²) in [5, 5.41) is 14.0. The van der Waals surface area contributed by atoms with Gasteiger partial charge in [0.25, 0.3) is 0 Å². The van der Waals surface area contributed by atoms with E-state index in [2.05, 4.69) is 41.4 Å². The number of aliphatic hydroxyl groups is 1. The van der Waals surface area contributed by atoms with Crippen LogP contribution < -0.4 is 0 Å². The molecule has 4 heteroatoms. The first-order chi connectivity index (χ1) is 13.4. The molecule has 0 fully saturated rings. The summed E-state index contributed by atoms with van der Waals surface area (Å²) in [6.07, 6.45) is 2.19. The van der Waals surface area contributed by atoms with Crippen molar-refractivity contribution < 1.29 is 5.11 Å². The molecule has 1 aromatic heterocycles. The average molecular weight is 355 g/mol. The van der Waals surface area contributed by atoms with Crippen LogP contribution in [0, 0.1) is 0 Å². The molecule has 0 aliphatic heterocycles. The van der Waals surface area contributed by atoms with Gasteiger partial charge in [-0.1, -0.05) is 91.0 Å². The number of hydrogen-bond donors (Lipinski definition) is 1. The number of benzene rings is 3. The van der Waals surface area contributed by atoms with Crippen molar-refractivity contribution in [3.8, 4) is 0 Å². The molecule has 1 N–H and O–H groups in total. The first kappa shape index (κ1) is 17.2. The summed E-state index contributed by atoms with van der Waals surface area (Å²) >= 11 is 0. The molecule has 1 heterocycles. The van der Waals surface area contributed by atoms with Crippen LogP contribution in [0.15, 0.2) is 97.3 Å². The Hall–Kier alpha value is -3.24. The fourth-order valence-electron chi connectivity index (χ4n) is 3.61. The summed E-state index contributed by atoms with van der Waals surface area (Å²) in [7, 11) is 0. The minimum absolute atomic E-state index is 0.0268. The fraction of sp³-hybridized carbons (Fsp3) is 0.130. The van der Waals surface area contributed by atoms with E-state index in [-0.39, 0.29) is 6.61 Å². The molecule has 4 aromatic rings. The highest BCUT2D eigenvalue weighted by Crippen LogP contribution is 2.39. The van der Waals surface area contributed by atoms with Crippen molar-refractivity contribution in [1.82, 2.24) is 14.8 Å². The van der Waals surface area contributed by atoms with Gasteiger partial charge in [0.15, 0.2) is 5.82 Å². The quantitative estimate of drug-likeness (QED) is 0.537. The molecular formula is C23H21N3O. The third kappa shape index (κ3) is 3.04. The van der Waals surface area contributed by atoms with Crippen molar-refractivity contribution >= 4 is 0 Å². The van der Waals surface area contributed by atoms with Crippen LogP contribution in [0.3, 0.4) is 0 Å². The van der Waals surface area contributed by atoms with Crippen LogP contribution in [0.2, 0.25) is 0 Å². The van der Waals surface area contributed by atoms with Crippen LogP contribution in [-0.2, 0) is 12.0 Å². The number of rotatable bonds is 6. The lowest BCUT2D eigenvalue weighted by Gasteiger charge is -2.35. The standard InChI is InChI=1S/C23H21N3O/c27-17-16-22-24-18-26(25-22)23(19-10-4-1-5-11-19,20-12-6-2-7-13-20)21-14-8-3-9-15-21/h1-15,18,27H,16-17H2. The van der Waals surface area contributed by atoms with Gasteiger partial charge in [0, 0.05) is 6.42 Å². The Balaban J connectivity index is 2.06. The maximum atomic E-state index is 9.29. The van der Waals surface area contributed by atoms with Gasteiger partial charge in [-0.15, -0.1) is 0 Å². The van der Waals surface area contributed by atoms with Crippen LogP contribution in [0.5, 0.6) is 0 Å². The van der Waals surface area contributed by atoms with Crippen molar-refractivity contribution in [2.75, 3.05) is 6.61 Å². The Labute approximate surface area is 158 Å². The first-order valence-electron chi connectivity index (χ1n) is 9.04. The van der Waals surface area contributed by atoms with Gasteiger partial charge in [-0.2, -0.15) is 5.10 Å². The van der Waals surface area contributed by atoms with Crippen LogP contribution in [0.1, 0.15) is 22.5 Å². The van der Waals surface area contributed by atoms with E-state index in [1.54, 1.807) is 6.33 Å². The molecule has 0 spiro atoms.